The number of benzene rings is 1. The van der Waals surface area contributed by atoms with Gasteiger partial charge in [0.2, 0.25) is 0 Å². The molecule has 1 fully saturated rings. The lowest BCUT2D eigenvalue weighted by atomic mass is 10.00. The Hall–Kier alpha value is -1.91. The smallest absolute Gasteiger partial charge is 0.410 e. The number of hydrogen-bond acceptors (Lipinski definition) is 4. The molecule has 0 aromatic heterocycles. The second-order valence-corrected chi connectivity index (χ2v) is 5.68. The molecule has 21 heavy (non-hydrogen) atoms. The Kier molecular flexibility index (Phi) is 4.60. The van der Waals surface area contributed by atoms with Crippen molar-refractivity contribution in [3.63, 3.8) is 0 Å². The largest absolute Gasteiger partial charge is 0.450 e. The lowest BCUT2D eigenvalue weighted by molar-refractivity contribution is 0.0597. The van der Waals surface area contributed by atoms with E-state index < -0.39 is 0 Å². The Morgan fingerprint density at radius 3 is 2.67 bits per heavy atom. The zero-order valence-corrected chi connectivity index (χ0v) is 13.2. The number of piperazine rings is 1. The summed E-state index contributed by atoms with van der Waals surface area (Å²) in [5.74, 6) is 0. The molecule has 1 aromatic rings. The fourth-order valence-corrected chi connectivity index (χ4v) is 3.02. The standard InChI is InChI=1S/C16H25N3O2/c1-5-21-16(20)19-11(2)10-18(12(3)13(19)4)15-8-6-7-14(17)9-15/h6-9,11-13H,5,10,17H2,1-4H3. The van der Waals surface area contributed by atoms with E-state index in [9.17, 15) is 4.79 Å². The minimum absolute atomic E-state index is 0.0780. The van der Waals surface area contributed by atoms with Crippen LogP contribution in [0.15, 0.2) is 24.3 Å². The number of nitrogen functional groups attached to an aromatic ring is 1. The normalized spacial score (nSPS) is 25.8. The molecule has 1 aliphatic heterocycles. The van der Waals surface area contributed by atoms with Crippen LogP contribution in [0.2, 0.25) is 0 Å². The SMILES string of the molecule is CCOC(=O)N1C(C)CN(c2cccc(N)c2)C(C)C1C. The van der Waals surface area contributed by atoms with Crippen LogP contribution in [0, 0.1) is 0 Å². The molecule has 3 atom stereocenters. The van der Waals surface area contributed by atoms with E-state index in [1.807, 2.05) is 30.0 Å². The van der Waals surface area contributed by atoms with Crippen LogP contribution in [0.1, 0.15) is 27.7 Å². The van der Waals surface area contributed by atoms with Gasteiger partial charge in [0, 0.05) is 24.0 Å². The summed E-state index contributed by atoms with van der Waals surface area (Å²) in [5.41, 5.74) is 7.74. The summed E-state index contributed by atoms with van der Waals surface area (Å²) in [6, 6.07) is 8.26. The predicted octanol–water partition coefficient (Wildman–Crippen LogP) is 2.71. The summed E-state index contributed by atoms with van der Waals surface area (Å²) < 4.78 is 5.18. The first-order valence-corrected chi connectivity index (χ1v) is 7.53. The summed E-state index contributed by atoms with van der Waals surface area (Å²) in [4.78, 5) is 16.3. The van der Waals surface area contributed by atoms with E-state index in [0.717, 1.165) is 17.9 Å². The highest BCUT2D eigenvalue weighted by atomic mass is 16.6. The van der Waals surface area contributed by atoms with Crippen LogP contribution in [-0.2, 0) is 4.74 Å². The van der Waals surface area contributed by atoms with Gasteiger partial charge in [-0.25, -0.2) is 4.79 Å². The van der Waals surface area contributed by atoms with Crippen molar-refractivity contribution < 1.29 is 9.53 Å². The van der Waals surface area contributed by atoms with Crippen LogP contribution in [0.5, 0.6) is 0 Å². The molecule has 116 valence electrons. The van der Waals surface area contributed by atoms with Crippen LogP contribution >= 0.6 is 0 Å². The molecule has 1 amide bonds. The summed E-state index contributed by atoms with van der Waals surface area (Å²) in [6.45, 7) is 9.26. The van der Waals surface area contributed by atoms with Crippen LogP contribution < -0.4 is 10.6 Å². The maximum absolute atomic E-state index is 12.1. The Balaban J connectivity index is 2.21. The van der Waals surface area contributed by atoms with Gasteiger partial charge in [0.15, 0.2) is 0 Å². The zero-order valence-electron chi connectivity index (χ0n) is 13.2. The molecule has 3 unspecified atom stereocenters. The van der Waals surface area contributed by atoms with Crippen molar-refractivity contribution in [2.24, 2.45) is 0 Å². The molecule has 0 spiro atoms. The number of nitrogens with zero attached hydrogens (tertiary/aromatic N) is 2. The number of rotatable bonds is 2. The van der Waals surface area contributed by atoms with Crippen molar-refractivity contribution in [3.8, 4) is 0 Å². The molecular weight excluding hydrogens is 266 g/mol. The Labute approximate surface area is 126 Å². The molecule has 2 rings (SSSR count). The van der Waals surface area contributed by atoms with Gasteiger partial charge in [0.25, 0.3) is 0 Å². The Morgan fingerprint density at radius 2 is 2.05 bits per heavy atom. The maximum atomic E-state index is 12.1. The molecule has 5 nitrogen and oxygen atoms in total. The lowest BCUT2D eigenvalue weighted by Gasteiger charge is -2.49. The molecule has 0 aliphatic carbocycles. The van der Waals surface area contributed by atoms with Gasteiger partial charge >= 0.3 is 6.09 Å². The summed E-state index contributed by atoms with van der Waals surface area (Å²) >= 11 is 0. The highest BCUT2D eigenvalue weighted by Crippen LogP contribution is 2.28. The minimum Gasteiger partial charge on any atom is -0.450 e. The van der Waals surface area contributed by atoms with E-state index in [2.05, 4.69) is 31.7 Å². The Morgan fingerprint density at radius 1 is 1.33 bits per heavy atom. The second kappa shape index (κ2) is 6.24. The van der Waals surface area contributed by atoms with Gasteiger partial charge in [-0.1, -0.05) is 6.07 Å². The average Bonchev–Trinajstić information content (AvgIpc) is 2.43. The molecule has 1 aromatic carbocycles. The number of carbonyl (C=O) groups excluding carboxylic acids is 1. The van der Waals surface area contributed by atoms with Crippen LogP contribution in [0.4, 0.5) is 16.2 Å². The summed E-state index contributed by atoms with van der Waals surface area (Å²) in [6.07, 6.45) is -0.225. The van der Waals surface area contributed by atoms with Crippen LogP contribution in [-0.4, -0.2) is 42.3 Å². The van der Waals surface area contributed by atoms with Crippen LogP contribution in [0.3, 0.4) is 0 Å². The molecular formula is C16H25N3O2. The van der Waals surface area contributed by atoms with Crippen molar-refractivity contribution in [3.05, 3.63) is 24.3 Å². The molecule has 1 heterocycles. The highest BCUT2D eigenvalue weighted by molar-refractivity contribution is 5.69. The number of anilines is 2. The Bertz CT molecular complexity index is 506. The predicted molar refractivity (Wildman–Crippen MR) is 85.4 cm³/mol. The van der Waals surface area contributed by atoms with E-state index in [-0.39, 0.29) is 24.2 Å². The molecule has 1 saturated heterocycles. The number of nitrogens with two attached hydrogens (primary N) is 1. The first-order valence-electron chi connectivity index (χ1n) is 7.53. The third-order valence-electron chi connectivity index (χ3n) is 4.24. The summed E-state index contributed by atoms with van der Waals surface area (Å²) in [7, 11) is 0. The van der Waals surface area contributed by atoms with Crippen LogP contribution in [0.25, 0.3) is 0 Å². The monoisotopic (exact) mass is 291 g/mol. The molecule has 0 saturated carbocycles. The average molecular weight is 291 g/mol. The van der Waals surface area contributed by atoms with E-state index in [0.29, 0.717) is 6.61 Å². The van der Waals surface area contributed by atoms with Gasteiger partial charge in [0.05, 0.1) is 18.7 Å². The second-order valence-electron chi connectivity index (χ2n) is 5.68. The van der Waals surface area contributed by atoms with Crippen molar-refractivity contribution in [2.45, 2.75) is 45.8 Å². The lowest BCUT2D eigenvalue weighted by Crippen LogP contribution is -2.63. The fourth-order valence-electron chi connectivity index (χ4n) is 3.02. The molecule has 0 bridgehead atoms. The molecule has 1 aliphatic rings. The van der Waals surface area contributed by atoms with Crippen molar-refractivity contribution in [2.75, 3.05) is 23.8 Å². The van der Waals surface area contributed by atoms with Gasteiger partial charge in [-0.2, -0.15) is 0 Å². The zero-order chi connectivity index (χ0) is 15.6. The third kappa shape index (κ3) is 3.06. The molecule has 0 radical (unpaired) electrons. The van der Waals surface area contributed by atoms with Crippen molar-refractivity contribution in [1.82, 2.24) is 4.90 Å². The molecule has 2 N–H and O–H groups in total. The number of amides is 1. The maximum Gasteiger partial charge on any atom is 0.410 e. The quantitative estimate of drug-likeness (QED) is 0.851. The van der Waals surface area contributed by atoms with Gasteiger partial charge in [0.1, 0.15) is 0 Å². The summed E-state index contributed by atoms with van der Waals surface area (Å²) in [5, 5.41) is 0. The first kappa shape index (κ1) is 15.5. The van der Waals surface area contributed by atoms with Crippen molar-refractivity contribution in [1.29, 1.82) is 0 Å². The van der Waals surface area contributed by atoms with Gasteiger partial charge in [-0.05, 0) is 45.9 Å². The topological polar surface area (TPSA) is 58.8 Å². The van der Waals surface area contributed by atoms with E-state index in [1.165, 1.54) is 0 Å². The van der Waals surface area contributed by atoms with Gasteiger partial charge in [-0.15, -0.1) is 0 Å². The van der Waals surface area contributed by atoms with Gasteiger partial charge < -0.3 is 15.4 Å². The number of ether oxygens (including phenoxy) is 1. The minimum atomic E-state index is -0.225. The highest BCUT2D eigenvalue weighted by Gasteiger charge is 2.38. The number of carbonyl (C=O) groups is 1. The van der Waals surface area contributed by atoms with Crippen molar-refractivity contribution >= 4 is 17.5 Å². The third-order valence-corrected chi connectivity index (χ3v) is 4.24. The number of hydrogen-bond donors (Lipinski definition) is 1. The first-order chi connectivity index (χ1) is 9.95. The van der Waals surface area contributed by atoms with E-state index in [4.69, 9.17) is 10.5 Å². The molecule has 5 heteroatoms. The van der Waals surface area contributed by atoms with E-state index in [1.54, 1.807) is 0 Å². The van der Waals surface area contributed by atoms with Gasteiger partial charge in [-0.3, -0.25) is 4.90 Å². The fraction of sp³-hybridized carbons (Fsp3) is 0.562. The van der Waals surface area contributed by atoms with E-state index >= 15 is 0 Å².